The maximum absolute atomic E-state index is 8.17. The fourth-order valence-corrected chi connectivity index (χ4v) is 5.07. The van der Waals surface area contributed by atoms with Gasteiger partial charge in [0, 0.05) is 33.8 Å². The number of allylic oxidation sites excluding steroid dienone is 1. The van der Waals surface area contributed by atoms with Crippen molar-refractivity contribution in [3.05, 3.63) is 102 Å². The van der Waals surface area contributed by atoms with E-state index in [9.17, 15) is 0 Å². The van der Waals surface area contributed by atoms with Crippen molar-refractivity contribution in [1.82, 2.24) is 0 Å². The molecule has 172 valence electrons. The summed E-state index contributed by atoms with van der Waals surface area (Å²) in [6.45, 7) is 6.47. The van der Waals surface area contributed by atoms with Gasteiger partial charge in [0.15, 0.2) is 0 Å². The Morgan fingerprint density at radius 2 is 1.57 bits per heavy atom. The van der Waals surface area contributed by atoms with Crippen LogP contribution in [0.25, 0.3) is 39.0 Å². The first-order chi connectivity index (χ1) is 16.9. The number of para-hydroxylation sites is 1. The summed E-state index contributed by atoms with van der Waals surface area (Å²) >= 11 is 0. The third kappa shape index (κ3) is 3.77. The molecule has 0 unspecified atom stereocenters. The highest BCUT2D eigenvalue weighted by atomic mass is 16.5. The van der Waals surface area contributed by atoms with Crippen LogP contribution in [0, 0.1) is 5.41 Å². The molecule has 0 fully saturated rings. The highest BCUT2D eigenvalue weighted by Gasteiger charge is 2.27. The number of hydrogen-bond acceptors (Lipinski definition) is 4. The average Bonchev–Trinajstić information content (AvgIpc) is 2.82. The smallest absolute Gasteiger partial charge is 0.144 e. The molecule has 2 heterocycles. The number of benzene rings is 4. The molecule has 1 aliphatic carbocycles. The first-order valence-electron chi connectivity index (χ1n) is 11.8. The standard InChI is InChI=1S/C31H26N2O2/c1-19-18-31(2,3)33-26-16-15-25-29(24-14-11-21(32)17-27(24)35-30(25)28(19)26)20-9-12-23(13-10-20)34-22-7-5-4-6-8-22/h4-18,32-33H,1-3H3. The van der Waals surface area contributed by atoms with Gasteiger partial charge in [-0.1, -0.05) is 36.4 Å². The van der Waals surface area contributed by atoms with Crippen molar-refractivity contribution < 1.29 is 9.15 Å². The predicted octanol–water partition coefficient (Wildman–Crippen LogP) is 8.08. The third-order valence-electron chi connectivity index (χ3n) is 6.44. The summed E-state index contributed by atoms with van der Waals surface area (Å²) in [5.74, 6) is 2.29. The zero-order valence-corrected chi connectivity index (χ0v) is 20.0. The van der Waals surface area contributed by atoms with Crippen molar-refractivity contribution in [2.45, 2.75) is 26.3 Å². The molecule has 0 saturated heterocycles. The second-order valence-corrected chi connectivity index (χ2v) is 9.67. The van der Waals surface area contributed by atoms with Gasteiger partial charge in [-0.05, 0) is 80.4 Å². The van der Waals surface area contributed by atoms with Gasteiger partial charge in [-0.2, -0.15) is 0 Å². The van der Waals surface area contributed by atoms with E-state index >= 15 is 0 Å². The molecule has 35 heavy (non-hydrogen) atoms. The molecule has 2 aliphatic heterocycles. The molecule has 0 atom stereocenters. The van der Waals surface area contributed by atoms with Crippen molar-refractivity contribution in [3.8, 4) is 33.9 Å². The van der Waals surface area contributed by atoms with Crippen LogP contribution in [0.4, 0.5) is 5.69 Å². The Bertz CT molecular complexity index is 1630. The Morgan fingerprint density at radius 1 is 0.829 bits per heavy atom. The summed E-state index contributed by atoms with van der Waals surface area (Å²) in [7, 11) is 0. The van der Waals surface area contributed by atoms with Crippen LogP contribution in [0.2, 0.25) is 0 Å². The molecule has 0 bridgehead atoms. The van der Waals surface area contributed by atoms with Gasteiger partial charge in [-0.25, -0.2) is 0 Å². The van der Waals surface area contributed by atoms with E-state index < -0.39 is 0 Å². The van der Waals surface area contributed by atoms with Gasteiger partial charge in [0.25, 0.3) is 0 Å². The number of anilines is 1. The Balaban J connectivity index is 1.56. The lowest BCUT2D eigenvalue weighted by atomic mass is 9.87. The Morgan fingerprint density at radius 3 is 2.34 bits per heavy atom. The monoisotopic (exact) mass is 458 g/mol. The molecule has 3 aromatic carbocycles. The van der Waals surface area contributed by atoms with Gasteiger partial charge >= 0.3 is 0 Å². The van der Waals surface area contributed by atoms with Gasteiger partial charge in [-0.15, -0.1) is 0 Å². The molecule has 0 saturated carbocycles. The molecule has 0 spiro atoms. The van der Waals surface area contributed by atoms with E-state index in [4.69, 9.17) is 14.6 Å². The number of ether oxygens (including phenoxy) is 1. The quantitative estimate of drug-likeness (QED) is 0.269. The first-order valence-corrected chi connectivity index (χ1v) is 11.8. The van der Waals surface area contributed by atoms with Crippen LogP contribution in [0.3, 0.4) is 0 Å². The van der Waals surface area contributed by atoms with Crippen LogP contribution in [0.15, 0.2) is 95.4 Å². The number of hydrogen-bond donors (Lipinski definition) is 2. The highest BCUT2D eigenvalue weighted by Crippen LogP contribution is 2.46. The van der Waals surface area contributed by atoms with Gasteiger partial charge in [-0.3, -0.25) is 0 Å². The molecule has 3 aromatic rings. The van der Waals surface area contributed by atoms with Crippen molar-refractivity contribution in [3.63, 3.8) is 0 Å². The molecule has 0 aromatic heterocycles. The Kier molecular flexibility index (Phi) is 4.78. The summed E-state index contributed by atoms with van der Waals surface area (Å²) in [6.07, 6.45) is 2.24. The maximum atomic E-state index is 8.17. The lowest BCUT2D eigenvalue weighted by Crippen LogP contribution is -2.31. The van der Waals surface area contributed by atoms with Crippen LogP contribution >= 0.6 is 0 Å². The third-order valence-corrected chi connectivity index (χ3v) is 6.44. The minimum atomic E-state index is -0.132. The summed E-state index contributed by atoms with van der Waals surface area (Å²) < 4.78 is 12.5. The van der Waals surface area contributed by atoms with Crippen LogP contribution < -0.4 is 15.4 Å². The first kappa shape index (κ1) is 21.2. The molecule has 0 radical (unpaired) electrons. The van der Waals surface area contributed by atoms with Gasteiger partial charge in [0.1, 0.15) is 22.8 Å². The molecule has 3 aliphatic rings. The van der Waals surface area contributed by atoms with Crippen molar-refractivity contribution in [1.29, 1.82) is 5.41 Å². The van der Waals surface area contributed by atoms with E-state index in [1.807, 2.05) is 54.6 Å². The number of rotatable bonds is 3. The molecule has 4 heteroatoms. The minimum absolute atomic E-state index is 0.132. The SMILES string of the molecule is CC1=CC(C)(C)Nc2ccc3c(-c4ccc(Oc5ccccc5)cc4)c4ccc(=N)cc-4oc3c21. The van der Waals surface area contributed by atoms with Crippen LogP contribution in [-0.4, -0.2) is 5.54 Å². The van der Waals surface area contributed by atoms with Gasteiger partial charge in [0.2, 0.25) is 0 Å². The maximum Gasteiger partial charge on any atom is 0.144 e. The Labute approximate surface area is 204 Å². The minimum Gasteiger partial charge on any atom is -0.457 e. The molecule has 2 N–H and O–H groups in total. The molecular formula is C31H26N2O2. The molecule has 6 rings (SSSR count). The lowest BCUT2D eigenvalue weighted by molar-refractivity contribution is 0.483. The average molecular weight is 459 g/mol. The topological polar surface area (TPSA) is 58.2 Å². The van der Waals surface area contributed by atoms with E-state index in [0.29, 0.717) is 11.1 Å². The molecular weight excluding hydrogens is 432 g/mol. The van der Waals surface area contributed by atoms with E-state index in [0.717, 1.165) is 50.4 Å². The van der Waals surface area contributed by atoms with Crippen LogP contribution in [0.1, 0.15) is 26.3 Å². The van der Waals surface area contributed by atoms with E-state index in [2.05, 4.69) is 56.4 Å². The summed E-state index contributed by atoms with van der Waals surface area (Å²) in [5, 5.41) is 13.3. The normalized spacial score (nSPS) is 14.3. The zero-order valence-electron chi connectivity index (χ0n) is 20.0. The van der Waals surface area contributed by atoms with E-state index in [-0.39, 0.29) is 5.54 Å². The van der Waals surface area contributed by atoms with E-state index in [1.165, 1.54) is 5.57 Å². The van der Waals surface area contributed by atoms with Gasteiger partial charge in [0.05, 0.1) is 10.9 Å². The largest absolute Gasteiger partial charge is 0.457 e. The van der Waals surface area contributed by atoms with E-state index in [1.54, 1.807) is 6.07 Å². The second kappa shape index (κ2) is 7.88. The molecule has 4 nitrogen and oxygen atoms in total. The summed E-state index contributed by atoms with van der Waals surface area (Å²) in [6, 6.07) is 27.8. The Hall–Kier alpha value is -4.31. The predicted molar refractivity (Wildman–Crippen MR) is 142 cm³/mol. The van der Waals surface area contributed by atoms with Crippen molar-refractivity contribution in [2.24, 2.45) is 0 Å². The van der Waals surface area contributed by atoms with Crippen molar-refractivity contribution >= 4 is 22.2 Å². The lowest BCUT2D eigenvalue weighted by Gasteiger charge is -2.32. The summed E-state index contributed by atoms with van der Waals surface area (Å²) in [4.78, 5) is 0. The fourth-order valence-electron chi connectivity index (χ4n) is 5.07. The zero-order chi connectivity index (χ0) is 24.2. The molecule has 0 amide bonds. The summed E-state index contributed by atoms with van der Waals surface area (Å²) in [5.41, 5.74) is 7.15. The van der Waals surface area contributed by atoms with Crippen LogP contribution in [-0.2, 0) is 0 Å². The number of fused-ring (bicyclic) bond motifs is 4. The number of nitrogens with one attached hydrogen (secondary N) is 2. The fraction of sp³-hybridized carbons (Fsp3) is 0.129. The van der Waals surface area contributed by atoms with Crippen LogP contribution in [0.5, 0.6) is 11.5 Å². The second-order valence-electron chi connectivity index (χ2n) is 9.67. The van der Waals surface area contributed by atoms with Crippen molar-refractivity contribution in [2.75, 3.05) is 5.32 Å². The van der Waals surface area contributed by atoms with Gasteiger partial charge < -0.3 is 19.9 Å². The highest BCUT2D eigenvalue weighted by molar-refractivity contribution is 6.07.